The minimum absolute atomic E-state index is 0.0470. The first kappa shape index (κ1) is 21.2. The summed E-state index contributed by atoms with van der Waals surface area (Å²) in [5, 5.41) is 9.56. The number of carbonyl (C=O) groups is 1. The number of aliphatic imine (C=N–C) groups is 1. The maximum Gasteiger partial charge on any atom is 0.387 e. The van der Waals surface area contributed by atoms with Gasteiger partial charge < -0.3 is 20.7 Å². The number of nitrogens with one attached hydrogen (secondary N) is 3. The summed E-state index contributed by atoms with van der Waals surface area (Å²) in [6.07, 6.45) is 3.26. The Bertz CT molecular complexity index is 654. The number of hydrogen-bond donors (Lipinski definition) is 3. The van der Waals surface area contributed by atoms with Crippen molar-refractivity contribution in [1.29, 1.82) is 0 Å². The van der Waals surface area contributed by atoms with Gasteiger partial charge in [-0.1, -0.05) is 11.6 Å². The molecule has 1 fully saturated rings. The van der Waals surface area contributed by atoms with Crippen LogP contribution in [-0.2, 0) is 11.3 Å². The number of hydrogen-bond acceptors (Lipinski definition) is 3. The van der Waals surface area contributed by atoms with Gasteiger partial charge in [-0.05, 0) is 44.4 Å². The summed E-state index contributed by atoms with van der Waals surface area (Å²) in [5.41, 5.74) is 0.462. The Hall–Kier alpha value is -2.09. The van der Waals surface area contributed by atoms with Crippen LogP contribution in [0.4, 0.5) is 8.78 Å². The van der Waals surface area contributed by atoms with E-state index in [0.29, 0.717) is 48.5 Å². The first-order valence-corrected chi connectivity index (χ1v) is 9.40. The average molecular weight is 403 g/mol. The van der Waals surface area contributed by atoms with Crippen LogP contribution >= 0.6 is 11.6 Å². The molecule has 3 N–H and O–H groups in total. The molecule has 1 aromatic carbocycles. The van der Waals surface area contributed by atoms with E-state index in [2.05, 4.69) is 25.7 Å². The van der Waals surface area contributed by atoms with E-state index < -0.39 is 6.61 Å². The molecule has 1 saturated carbocycles. The Kier molecular flexibility index (Phi) is 8.57. The standard InChI is InChI=1S/C18H25ClF2N4O2/c1-2-22-18(23-9-3-4-16(26)25-14-6-7-14)24-11-12-10-13(19)5-8-15(12)27-17(20)21/h5,8,10,14,17H,2-4,6-7,9,11H2,1H3,(H,25,26)(H2,22,23,24). The quantitative estimate of drug-likeness (QED) is 0.319. The zero-order chi connectivity index (χ0) is 19.6. The Morgan fingerprint density at radius 1 is 1.37 bits per heavy atom. The minimum atomic E-state index is -2.91. The molecule has 0 radical (unpaired) electrons. The lowest BCUT2D eigenvalue weighted by Crippen LogP contribution is -2.38. The van der Waals surface area contributed by atoms with Crippen molar-refractivity contribution in [1.82, 2.24) is 16.0 Å². The van der Waals surface area contributed by atoms with Gasteiger partial charge in [-0.3, -0.25) is 4.79 Å². The Balaban J connectivity index is 1.86. The lowest BCUT2D eigenvalue weighted by Gasteiger charge is -2.13. The molecule has 2 rings (SSSR count). The predicted octanol–water partition coefficient (Wildman–Crippen LogP) is 3.06. The lowest BCUT2D eigenvalue weighted by molar-refractivity contribution is -0.121. The van der Waals surface area contributed by atoms with Crippen molar-refractivity contribution >= 4 is 23.5 Å². The van der Waals surface area contributed by atoms with Gasteiger partial charge in [0, 0.05) is 36.1 Å². The van der Waals surface area contributed by atoms with Crippen LogP contribution in [0.1, 0.15) is 38.2 Å². The van der Waals surface area contributed by atoms with Gasteiger partial charge in [0.15, 0.2) is 5.96 Å². The smallest absolute Gasteiger partial charge is 0.387 e. The van der Waals surface area contributed by atoms with E-state index in [-0.39, 0.29) is 18.2 Å². The maximum absolute atomic E-state index is 12.5. The molecule has 0 aliphatic heterocycles. The zero-order valence-electron chi connectivity index (χ0n) is 15.2. The van der Waals surface area contributed by atoms with Crippen LogP contribution < -0.4 is 20.7 Å². The molecule has 0 spiro atoms. The third-order valence-electron chi connectivity index (χ3n) is 3.81. The maximum atomic E-state index is 12.5. The molecule has 0 aromatic heterocycles. The Morgan fingerprint density at radius 3 is 2.81 bits per heavy atom. The van der Waals surface area contributed by atoms with Gasteiger partial charge in [-0.2, -0.15) is 8.78 Å². The molecule has 0 heterocycles. The molecule has 1 amide bonds. The van der Waals surface area contributed by atoms with Crippen molar-refractivity contribution in [3.63, 3.8) is 0 Å². The fourth-order valence-corrected chi connectivity index (χ4v) is 2.57. The monoisotopic (exact) mass is 402 g/mol. The number of carbonyl (C=O) groups excluding carboxylic acids is 1. The fourth-order valence-electron chi connectivity index (χ4n) is 2.37. The van der Waals surface area contributed by atoms with E-state index in [1.807, 2.05) is 6.92 Å². The summed E-state index contributed by atoms with van der Waals surface area (Å²) in [6, 6.07) is 4.81. The molecule has 27 heavy (non-hydrogen) atoms. The molecular weight excluding hydrogens is 378 g/mol. The first-order valence-electron chi connectivity index (χ1n) is 9.02. The summed E-state index contributed by atoms with van der Waals surface area (Å²) in [7, 11) is 0. The number of rotatable bonds is 10. The highest BCUT2D eigenvalue weighted by molar-refractivity contribution is 6.30. The molecule has 1 aromatic rings. The Labute approximate surface area is 162 Å². The highest BCUT2D eigenvalue weighted by Crippen LogP contribution is 2.25. The molecule has 0 saturated heterocycles. The molecule has 1 aliphatic rings. The van der Waals surface area contributed by atoms with Crippen molar-refractivity contribution in [3.8, 4) is 5.75 Å². The molecule has 150 valence electrons. The van der Waals surface area contributed by atoms with Crippen LogP contribution in [0.5, 0.6) is 5.75 Å². The van der Waals surface area contributed by atoms with Crippen LogP contribution in [0.15, 0.2) is 23.2 Å². The SMILES string of the molecule is CCNC(=NCc1cc(Cl)ccc1OC(F)F)NCCCC(=O)NC1CC1. The van der Waals surface area contributed by atoms with Gasteiger partial charge in [0.05, 0.1) is 6.54 Å². The number of alkyl halides is 2. The van der Waals surface area contributed by atoms with Gasteiger partial charge in [0.25, 0.3) is 0 Å². The molecule has 0 bridgehead atoms. The number of halogens is 3. The second-order valence-corrected chi connectivity index (χ2v) is 6.63. The van der Waals surface area contributed by atoms with E-state index in [0.717, 1.165) is 12.8 Å². The van der Waals surface area contributed by atoms with Crippen molar-refractivity contribution < 1.29 is 18.3 Å². The molecule has 0 atom stereocenters. The third kappa shape index (κ3) is 8.43. The van der Waals surface area contributed by atoms with Gasteiger partial charge in [-0.15, -0.1) is 0 Å². The van der Waals surface area contributed by atoms with E-state index in [1.165, 1.54) is 12.1 Å². The minimum Gasteiger partial charge on any atom is -0.434 e. The number of amides is 1. The van der Waals surface area contributed by atoms with Crippen LogP contribution in [-0.4, -0.2) is 37.6 Å². The summed E-state index contributed by atoms with van der Waals surface area (Å²) in [6.45, 7) is 0.344. The van der Waals surface area contributed by atoms with Gasteiger partial charge in [-0.25, -0.2) is 4.99 Å². The number of benzene rings is 1. The number of guanidine groups is 1. The summed E-state index contributed by atoms with van der Waals surface area (Å²) < 4.78 is 29.6. The van der Waals surface area contributed by atoms with E-state index in [4.69, 9.17) is 11.6 Å². The summed E-state index contributed by atoms with van der Waals surface area (Å²) >= 11 is 5.94. The summed E-state index contributed by atoms with van der Waals surface area (Å²) in [4.78, 5) is 16.0. The van der Waals surface area contributed by atoms with Gasteiger partial charge in [0.1, 0.15) is 5.75 Å². The predicted molar refractivity (Wildman–Crippen MR) is 101 cm³/mol. The topological polar surface area (TPSA) is 74.8 Å². The number of ether oxygens (including phenoxy) is 1. The molecule has 9 heteroatoms. The number of nitrogens with zero attached hydrogens (tertiary/aromatic N) is 1. The second-order valence-electron chi connectivity index (χ2n) is 6.20. The van der Waals surface area contributed by atoms with Crippen molar-refractivity contribution in [3.05, 3.63) is 28.8 Å². The van der Waals surface area contributed by atoms with Crippen molar-refractivity contribution in [2.75, 3.05) is 13.1 Å². The Morgan fingerprint density at radius 2 is 2.15 bits per heavy atom. The van der Waals surface area contributed by atoms with E-state index >= 15 is 0 Å². The first-order chi connectivity index (χ1) is 13.0. The second kappa shape index (κ2) is 10.9. The molecular formula is C18H25ClF2N4O2. The average Bonchev–Trinajstić information content (AvgIpc) is 3.42. The van der Waals surface area contributed by atoms with Crippen LogP contribution in [0.2, 0.25) is 5.02 Å². The van der Waals surface area contributed by atoms with Crippen LogP contribution in [0.25, 0.3) is 0 Å². The van der Waals surface area contributed by atoms with Crippen LogP contribution in [0.3, 0.4) is 0 Å². The molecule has 0 unspecified atom stereocenters. The highest BCUT2D eigenvalue weighted by atomic mass is 35.5. The van der Waals surface area contributed by atoms with Crippen molar-refractivity contribution in [2.45, 2.75) is 51.8 Å². The fraction of sp³-hybridized carbons (Fsp3) is 0.556. The van der Waals surface area contributed by atoms with E-state index in [9.17, 15) is 13.6 Å². The van der Waals surface area contributed by atoms with Gasteiger partial charge in [0.2, 0.25) is 5.91 Å². The van der Waals surface area contributed by atoms with Crippen LogP contribution in [0, 0.1) is 0 Å². The van der Waals surface area contributed by atoms with Crippen molar-refractivity contribution in [2.24, 2.45) is 4.99 Å². The normalized spacial score (nSPS) is 14.2. The third-order valence-corrected chi connectivity index (χ3v) is 4.04. The largest absolute Gasteiger partial charge is 0.434 e. The van der Waals surface area contributed by atoms with Gasteiger partial charge >= 0.3 is 6.61 Å². The summed E-state index contributed by atoms with van der Waals surface area (Å²) in [5.74, 6) is 0.641. The zero-order valence-corrected chi connectivity index (χ0v) is 16.0. The highest BCUT2D eigenvalue weighted by Gasteiger charge is 2.22. The lowest BCUT2D eigenvalue weighted by atomic mass is 10.2. The van der Waals surface area contributed by atoms with E-state index in [1.54, 1.807) is 6.07 Å². The molecule has 6 nitrogen and oxygen atoms in total. The molecule has 1 aliphatic carbocycles.